The molecule has 0 bridgehead atoms. The van der Waals surface area contributed by atoms with Gasteiger partial charge in [-0.2, -0.15) is 5.10 Å². The minimum absolute atomic E-state index is 0.352. The second-order valence-electron chi connectivity index (χ2n) is 6.76. The molecule has 3 rings (SSSR count). The topological polar surface area (TPSA) is 29.9 Å². The fourth-order valence-electron chi connectivity index (χ4n) is 3.86. The molecule has 112 valence electrons. The van der Waals surface area contributed by atoms with Gasteiger partial charge in [0.2, 0.25) is 0 Å². The largest absolute Gasteiger partial charge is 0.311 e. The molecule has 2 atom stereocenters. The zero-order chi connectivity index (χ0) is 14.9. The first kappa shape index (κ1) is 14.3. The van der Waals surface area contributed by atoms with Gasteiger partial charge in [-0.1, -0.05) is 38.5 Å². The number of hydrogen-bond acceptors (Lipinski definition) is 2. The molecule has 21 heavy (non-hydrogen) atoms. The molecule has 3 nitrogen and oxygen atoms in total. The Kier molecular flexibility index (Phi) is 3.85. The maximum atomic E-state index is 4.55. The van der Waals surface area contributed by atoms with E-state index in [1.165, 1.54) is 25.0 Å². The van der Waals surface area contributed by atoms with Crippen molar-refractivity contribution in [2.45, 2.75) is 39.2 Å². The Morgan fingerprint density at radius 3 is 2.62 bits per heavy atom. The van der Waals surface area contributed by atoms with Gasteiger partial charge in [-0.05, 0) is 49.4 Å². The van der Waals surface area contributed by atoms with Gasteiger partial charge < -0.3 is 5.32 Å². The lowest BCUT2D eigenvalue weighted by atomic mass is 9.76. The van der Waals surface area contributed by atoms with Crippen molar-refractivity contribution in [2.24, 2.45) is 11.3 Å². The number of para-hydroxylation sites is 1. The highest BCUT2D eigenvalue weighted by Gasteiger charge is 2.40. The predicted octanol–water partition coefficient (Wildman–Crippen LogP) is 3.96. The molecule has 0 amide bonds. The molecule has 1 aliphatic rings. The van der Waals surface area contributed by atoms with E-state index in [-0.39, 0.29) is 0 Å². The van der Waals surface area contributed by atoms with Crippen molar-refractivity contribution in [1.82, 2.24) is 15.1 Å². The van der Waals surface area contributed by atoms with Gasteiger partial charge in [0.05, 0.1) is 17.4 Å². The van der Waals surface area contributed by atoms with Crippen LogP contribution in [0, 0.1) is 11.3 Å². The smallest absolute Gasteiger partial charge is 0.0649 e. The van der Waals surface area contributed by atoms with Gasteiger partial charge in [-0.3, -0.25) is 0 Å². The zero-order valence-electron chi connectivity index (χ0n) is 13.2. The number of hydrogen-bond donors (Lipinski definition) is 1. The summed E-state index contributed by atoms with van der Waals surface area (Å²) in [6.45, 7) is 4.80. The SMILES string of the molecule is CNC(c1ccnn1-c1ccccc1)C1CCCC1(C)C. The fraction of sp³-hybridized carbons (Fsp3) is 0.500. The summed E-state index contributed by atoms with van der Waals surface area (Å²) in [7, 11) is 2.07. The summed E-state index contributed by atoms with van der Waals surface area (Å²) in [5, 5.41) is 8.10. The summed E-state index contributed by atoms with van der Waals surface area (Å²) in [6.07, 6.45) is 5.84. The van der Waals surface area contributed by atoms with Gasteiger partial charge in [0.15, 0.2) is 0 Å². The van der Waals surface area contributed by atoms with Crippen molar-refractivity contribution in [3.63, 3.8) is 0 Å². The maximum Gasteiger partial charge on any atom is 0.0649 e. The minimum atomic E-state index is 0.352. The summed E-state index contributed by atoms with van der Waals surface area (Å²) < 4.78 is 2.08. The number of rotatable bonds is 4. The summed E-state index contributed by atoms with van der Waals surface area (Å²) in [4.78, 5) is 0. The van der Waals surface area contributed by atoms with Gasteiger partial charge in [0.1, 0.15) is 0 Å². The van der Waals surface area contributed by atoms with Crippen molar-refractivity contribution in [2.75, 3.05) is 7.05 Å². The highest BCUT2D eigenvalue weighted by molar-refractivity contribution is 5.33. The van der Waals surface area contributed by atoms with Crippen LogP contribution in [-0.4, -0.2) is 16.8 Å². The molecule has 0 radical (unpaired) electrons. The summed E-state index contributed by atoms with van der Waals surface area (Å²) >= 11 is 0. The van der Waals surface area contributed by atoms with E-state index in [2.05, 4.69) is 66.3 Å². The molecule has 0 spiro atoms. The quantitative estimate of drug-likeness (QED) is 0.920. The van der Waals surface area contributed by atoms with Crippen LogP contribution in [0.4, 0.5) is 0 Å². The van der Waals surface area contributed by atoms with Crippen molar-refractivity contribution < 1.29 is 0 Å². The van der Waals surface area contributed by atoms with E-state index in [0.717, 1.165) is 5.69 Å². The van der Waals surface area contributed by atoms with E-state index >= 15 is 0 Å². The third-order valence-electron chi connectivity index (χ3n) is 5.04. The molecular formula is C18H25N3. The molecule has 0 aliphatic heterocycles. The van der Waals surface area contributed by atoms with Gasteiger partial charge >= 0.3 is 0 Å². The first-order valence-electron chi connectivity index (χ1n) is 7.90. The van der Waals surface area contributed by atoms with Crippen molar-refractivity contribution >= 4 is 0 Å². The van der Waals surface area contributed by atoms with Crippen molar-refractivity contribution in [3.05, 3.63) is 48.3 Å². The van der Waals surface area contributed by atoms with E-state index in [9.17, 15) is 0 Å². The van der Waals surface area contributed by atoms with Gasteiger partial charge in [-0.15, -0.1) is 0 Å². The Morgan fingerprint density at radius 1 is 1.24 bits per heavy atom. The molecule has 0 saturated heterocycles. The highest BCUT2D eigenvalue weighted by atomic mass is 15.3. The molecule has 2 aromatic rings. The Morgan fingerprint density at radius 2 is 2.00 bits per heavy atom. The lowest BCUT2D eigenvalue weighted by Crippen LogP contribution is -2.33. The maximum absolute atomic E-state index is 4.55. The lowest BCUT2D eigenvalue weighted by Gasteiger charge is -2.34. The van der Waals surface area contributed by atoms with Gasteiger partial charge in [-0.25, -0.2) is 4.68 Å². The third kappa shape index (κ3) is 2.62. The predicted molar refractivity (Wildman–Crippen MR) is 86.5 cm³/mol. The fourth-order valence-corrected chi connectivity index (χ4v) is 3.86. The van der Waals surface area contributed by atoms with Crippen LogP contribution < -0.4 is 5.32 Å². The van der Waals surface area contributed by atoms with Gasteiger partial charge in [0.25, 0.3) is 0 Å². The molecule has 2 unspecified atom stereocenters. The van der Waals surface area contributed by atoms with Crippen LogP contribution in [0.3, 0.4) is 0 Å². The standard InChI is InChI=1S/C18H25N3/c1-18(2)12-7-10-15(18)17(19-3)16-11-13-20-21(16)14-8-5-4-6-9-14/h4-6,8-9,11,13,15,17,19H,7,10,12H2,1-3H3. The van der Waals surface area contributed by atoms with Crippen LogP contribution in [0.5, 0.6) is 0 Å². The Hall–Kier alpha value is -1.61. The minimum Gasteiger partial charge on any atom is -0.311 e. The summed E-state index contributed by atoms with van der Waals surface area (Å²) in [5.41, 5.74) is 2.79. The molecule has 1 saturated carbocycles. The average Bonchev–Trinajstić information content (AvgIpc) is 3.09. The Bertz CT molecular complexity index is 586. The molecule has 1 aromatic carbocycles. The van der Waals surface area contributed by atoms with E-state index in [1.807, 2.05) is 12.3 Å². The normalized spacial score (nSPS) is 22.3. The lowest BCUT2D eigenvalue weighted by molar-refractivity contribution is 0.199. The number of benzene rings is 1. The highest BCUT2D eigenvalue weighted by Crippen LogP contribution is 2.48. The summed E-state index contributed by atoms with van der Waals surface area (Å²) in [5.74, 6) is 0.654. The Labute approximate surface area is 127 Å². The summed E-state index contributed by atoms with van der Waals surface area (Å²) in [6, 6.07) is 12.9. The molecule has 1 aliphatic carbocycles. The average molecular weight is 283 g/mol. The van der Waals surface area contributed by atoms with Crippen LogP contribution in [-0.2, 0) is 0 Å². The Balaban J connectivity index is 1.98. The molecule has 1 N–H and O–H groups in total. The van der Waals surface area contributed by atoms with Crippen LogP contribution in [0.15, 0.2) is 42.6 Å². The molecule has 1 aromatic heterocycles. The van der Waals surface area contributed by atoms with Crippen LogP contribution in [0.1, 0.15) is 44.8 Å². The number of nitrogens with one attached hydrogen (secondary N) is 1. The van der Waals surface area contributed by atoms with E-state index < -0.39 is 0 Å². The van der Waals surface area contributed by atoms with Crippen LogP contribution in [0.25, 0.3) is 5.69 Å². The van der Waals surface area contributed by atoms with Crippen LogP contribution >= 0.6 is 0 Å². The van der Waals surface area contributed by atoms with Crippen LogP contribution in [0.2, 0.25) is 0 Å². The van der Waals surface area contributed by atoms with E-state index in [0.29, 0.717) is 17.4 Å². The zero-order valence-corrected chi connectivity index (χ0v) is 13.2. The first-order valence-corrected chi connectivity index (χ1v) is 7.90. The third-order valence-corrected chi connectivity index (χ3v) is 5.04. The van der Waals surface area contributed by atoms with E-state index in [1.54, 1.807) is 0 Å². The number of nitrogens with zero attached hydrogens (tertiary/aromatic N) is 2. The first-order chi connectivity index (χ1) is 10.1. The van der Waals surface area contributed by atoms with Crippen molar-refractivity contribution in [3.8, 4) is 5.69 Å². The second-order valence-corrected chi connectivity index (χ2v) is 6.76. The molecular weight excluding hydrogens is 258 g/mol. The van der Waals surface area contributed by atoms with Crippen molar-refractivity contribution in [1.29, 1.82) is 0 Å². The monoisotopic (exact) mass is 283 g/mol. The molecule has 1 fully saturated rings. The second kappa shape index (κ2) is 5.64. The van der Waals surface area contributed by atoms with Gasteiger partial charge in [0, 0.05) is 6.20 Å². The molecule has 1 heterocycles. The number of aromatic nitrogens is 2. The molecule has 3 heteroatoms. The van der Waals surface area contributed by atoms with E-state index in [4.69, 9.17) is 0 Å².